The Morgan fingerprint density at radius 2 is 2.36 bits per heavy atom. The van der Waals surface area contributed by atoms with Crippen molar-refractivity contribution in [2.24, 2.45) is 5.73 Å². The van der Waals surface area contributed by atoms with Gasteiger partial charge < -0.3 is 10.6 Å². The Kier molecular flexibility index (Phi) is 4.81. The van der Waals surface area contributed by atoms with Crippen molar-refractivity contribution in [1.82, 2.24) is 4.90 Å². The molecule has 0 aliphatic carbocycles. The summed E-state index contributed by atoms with van der Waals surface area (Å²) in [7, 11) is 2.05. The molecule has 1 rings (SSSR count). The minimum Gasteiger partial charge on any atom is -0.393 e. The summed E-state index contributed by atoms with van der Waals surface area (Å²) in [6.07, 6.45) is 0.769. The lowest BCUT2D eigenvalue weighted by atomic mass is 10.3. The van der Waals surface area contributed by atoms with Crippen molar-refractivity contribution in [1.29, 1.82) is 0 Å². The maximum atomic E-state index is 5.83. The molecule has 0 unspecified atom stereocenters. The molecule has 0 atom stereocenters. The molecule has 2 nitrogen and oxygen atoms in total. The molecule has 0 saturated carbocycles. The Labute approximate surface area is 98.7 Å². The molecule has 5 heteroatoms. The number of thiophene rings is 1. The zero-order valence-electron chi connectivity index (χ0n) is 8.00. The summed E-state index contributed by atoms with van der Waals surface area (Å²) in [5.74, 6) is 0. The van der Waals surface area contributed by atoms with Gasteiger partial charge in [-0.3, -0.25) is 0 Å². The highest BCUT2D eigenvalue weighted by atomic mass is 35.5. The fourth-order valence-corrected chi connectivity index (χ4v) is 2.34. The standard InChI is InChI=1S/C9H13ClN2S2/c1-12(5-4-9(11)13)6-7-2-3-8(10)14-7/h2-3H,4-6H2,1H3,(H2,11,13). The van der Waals surface area contributed by atoms with Crippen LogP contribution in [0, 0.1) is 0 Å². The molecular formula is C9H13ClN2S2. The van der Waals surface area contributed by atoms with Crippen LogP contribution in [-0.2, 0) is 6.54 Å². The van der Waals surface area contributed by atoms with Crippen molar-refractivity contribution in [2.75, 3.05) is 13.6 Å². The highest BCUT2D eigenvalue weighted by molar-refractivity contribution is 7.80. The molecule has 0 bridgehead atoms. The van der Waals surface area contributed by atoms with Gasteiger partial charge in [0.15, 0.2) is 0 Å². The number of rotatable bonds is 5. The van der Waals surface area contributed by atoms with Gasteiger partial charge in [0.05, 0.1) is 9.32 Å². The number of thiocarbonyl (C=S) groups is 1. The zero-order chi connectivity index (χ0) is 10.6. The molecule has 0 aliphatic heterocycles. The first kappa shape index (κ1) is 11.9. The molecule has 0 fully saturated rings. The van der Waals surface area contributed by atoms with Gasteiger partial charge in [-0.2, -0.15) is 0 Å². The fraction of sp³-hybridized carbons (Fsp3) is 0.444. The van der Waals surface area contributed by atoms with Crippen molar-refractivity contribution in [3.63, 3.8) is 0 Å². The summed E-state index contributed by atoms with van der Waals surface area (Å²) in [5, 5.41) is 0. The minimum atomic E-state index is 0.570. The lowest BCUT2D eigenvalue weighted by molar-refractivity contribution is 0.340. The van der Waals surface area contributed by atoms with E-state index in [1.54, 1.807) is 11.3 Å². The third kappa shape index (κ3) is 4.37. The molecule has 78 valence electrons. The molecule has 1 aromatic rings. The fourth-order valence-electron chi connectivity index (χ4n) is 1.08. The molecule has 0 spiro atoms. The summed E-state index contributed by atoms with van der Waals surface area (Å²) in [6, 6.07) is 3.97. The Balaban J connectivity index is 2.33. The van der Waals surface area contributed by atoms with Gasteiger partial charge in [0, 0.05) is 24.4 Å². The molecule has 0 aliphatic rings. The smallest absolute Gasteiger partial charge is 0.0931 e. The molecule has 14 heavy (non-hydrogen) atoms. The third-order valence-corrected chi connectivity index (χ3v) is 3.21. The second-order valence-corrected chi connectivity index (χ2v) is 5.48. The average Bonchev–Trinajstić information content (AvgIpc) is 2.48. The van der Waals surface area contributed by atoms with Gasteiger partial charge in [-0.1, -0.05) is 23.8 Å². The quantitative estimate of drug-likeness (QED) is 0.812. The molecule has 1 aromatic heterocycles. The van der Waals surface area contributed by atoms with Crippen LogP contribution >= 0.6 is 35.2 Å². The van der Waals surface area contributed by atoms with E-state index in [-0.39, 0.29) is 0 Å². The number of nitrogens with two attached hydrogens (primary N) is 1. The summed E-state index contributed by atoms with van der Waals surface area (Å²) >= 11 is 12.3. The van der Waals surface area contributed by atoms with Gasteiger partial charge in [0.1, 0.15) is 0 Å². The van der Waals surface area contributed by atoms with Crippen LogP contribution in [0.25, 0.3) is 0 Å². The van der Waals surface area contributed by atoms with E-state index in [2.05, 4.69) is 4.90 Å². The minimum absolute atomic E-state index is 0.570. The normalized spacial score (nSPS) is 10.8. The van der Waals surface area contributed by atoms with E-state index >= 15 is 0 Å². The Morgan fingerprint density at radius 1 is 1.64 bits per heavy atom. The van der Waals surface area contributed by atoms with E-state index in [9.17, 15) is 0 Å². The Bertz CT molecular complexity index is 312. The first-order valence-electron chi connectivity index (χ1n) is 4.29. The summed E-state index contributed by atoms with van der Waals surface area (Å²) in [6.45, 7) is 1.80. The van der Waals surface area contributed by atoms with Crippen molar-refractivity contribution in [3.8, 4) is 0 Å². The van der Waals surface area contributed by atoms with Crippen molar-refractivity contribution < 1.29 is 0 Å². The largest absolute Gasteiger partial charge is 0.393 e. The topological polar surface area (TPSA) is 29.3 Å². The summed E-state index contributed by atoms with van der Waals surface area (Å²) < 4.78 is 0.836. The molecule has 0 radical (unpaired) electrons. The Hall–Kier alpha value is -0.160. The average molecular weight is 249 g/mol. The Morgan fingerprint density at radius 3 is 2.86 bits per heavy atom. The van der Waals surface area contributed by atoms with Gasteiger partial charge in [-0.25, -0.2) is 0 Å². The van der Waals surface area contributed by atoms with Crippen LogP contribution in [0.5, 0.6) is 0 Å². The second-order valence-electron chi connectivity index (χ2n) is 3.16. The van der Waals surface area contributed by atoms with Crippen LogP contribution in [0.4, 0.5) is 0 Å². The highest BCUT2D eigenvalue weighted by Gasteiger charge is 2.03. The predicted molar refractivity (Wildman–Crippen MR) is 67.1 cm³/mol. The van der Waals surface area contributed by atoms with Crippen LogP contribution in [0.2, 0.25) is 4.34 Å². The SMILES string of the molecule is CN(CCC(N)=S)Cc1ccc(Cl)s1. The van der Waals surface area contributed by atoms with Crippen LogP contribution in [0.1, 0.15) is 11.3 Å². The van der Waals surface area contributed by atoms with E-state index in [0.717, 1.165) is 23.8 Å². The monoisotopic (exact) mass is 248 g/mol. The number of hydrogen-bond acceptors (Lipinski definition) is 3. The second kappa shape index (κ2) is 5.66. The molecule has 0 aromatic carbocycles. The predicted octanol–water partition coefficient (Wildman–Crippen LogP) is 2.51. The lowest BCUT2D eigenvalue weighted by Gasteiger charge is -2.14. The summed E-state index contributed by atoms with van der Waals surface area (Å²) in [4.78, 5) is 4.02. The van der Waals surface area contributed by atoms with E-state index in [4.69, 9.17) is 29.6 Å². The van der Waals surface area contributed by atoms with Gasteiger partial charge in [-0.15, -0.1) is 11.3 Å². The molecule has 1 heterocycles. The van der Waals surface area contributed by atoms with Gasteiger partial charge in [0.25, 0.3) is 0 Å². The molecule has 2 N–H and O–H groups in total. The maximum Gasteiger partial charge on any atom is 0.0931 e. The van der Waals surface area contributed by atoms with E-state index in [0.29, 0.717) is 4.99 Å². The van der Waals surface area contributed by atoms with Crippen LogP contribution < -0.4 is 5.73 Å². The lowest BCUT2D eigenvalue weighted by Crippen LogP contribution is -2.22. The van der Waals surface area contributed by atoms with Crippen molar-refractivity contribution in [2.45, 2.75) is 13.0 Å². The number of halogens is 1. The highest BCUT2D eigenvalue weighted by Crippen LogP contribution is 2.22. The molecule has 0 saturated heterocycles. The molecule has 0 amide bonds. The third-order valence-electron chi connectivity index (χ3n) is 1.79. The summed E-state index contributed by atoms with van der Waals surface area (Å²) in [5.41, 5.74) is 5.42. The maximum absolute atomic E-state index is 5.83. The first-order valence-corrected chi connectivity index (χ1v) is 5.89. The number of hydrogen-bond donors (Lipinski definition) is 1. The van der Waals surface area contributed by atoms with E-state index < -0.39 is 0 Å². The van der Waals surface area contributed by atoms with Crippen molar-refractivity contribution >= 4 is 40.1 Å². The van der Waals surface area contributed by atoms with Gasteiger partial charge in [-0.05, 0) is 19.2 Å². The van der Waals surface area contributed by atoms with E-state index in [1.807, 2.05) is 19.2 Å². The van der Waals surface area contributed by atoms with Gasteiger partial charge >= 0.3 is 0 Å². The van der Waals surface area contributed by atoms with E-state index in [1.165, 1.54) is 4.88 Å². The molecular weight excluding hydrogens is 236 g/mol. The van der Waals surface area contributed by atoms with Crippen LogP contribution in [0.15, 0.2) is 12.1 Å². The van der Waals surface area contributed by atoms with Gasteiger partial charge in [0.2, 0.25) is 0 Å². The van der Waals surface area contributed by atoms with Crippen LogP contribution in [0.3, 0.4) is 0 Å². The zero-order valence-corrected chi connectivity index (χ0v) is 10.4. The van der Waals surface area contributed by atoms with Crippen LogP contribution in [-0.4, -0.2) is 23.5 Å². The van der Waals surface area contributed by atoms with Crippen molar-refractivity contribution in [3.05, 3.63) is 21.3 Å². The number of nitrogens with zero attached hydrogens (tertiary/aromatic N) is 1. The first-order chi connectivity index (χ1) is 6.58.